The third-order valence-corrected chi connectivity index (χ3v) is 2.46. The molecule has 1 rings (SSSR count). The summed E-state index contributed by atoms with van der Waals surface area (Å²) in [5, 5.41) is 10.5. The lowest BCUT2D eigenvalue weighted by atomic mass is 10.0. The van der Waals surface area contributed by atoms with Crippen molar-refractivity contribution >= 4 is 17.6 Å². The number of halogens is 3. The van der Waals surface area contributed by atoms with Crippen LogP contribution < -0.4 is 5.32 Å². The third kappa shape index (κ3) is 2.79. The van der Waals surface area contributed by atoms with Gasteiger partial charge < -0.3 is 10.4 Å². The Hall–Kier alpha value is -2.05. The SMILES string of the molecule is Cc1ccc(NC(=O)C(F)(F)F)c(C(=O)O)c1C. The van der Waals surface area contributed by atoms with Crippen molar-refractivity contribution in [3.05, 3.63) is 28.8 Å². The van der Waals surface area contributed by atoms with Gasteiger partial charge in [0.05, 0.1) is 11.3 Å². The van der Waals surface area contributed by atoms with E-state index in [9.17, 15) is 22.8 Å². The number of rotatable bonds is 2. The van der Waals surface area contributed by atoms with Gasteiger partial charge in [-0.15, -0.1) is 0 Å². The Bertz CT molecular complexity index is 509. The molecule has 4 nitrogen and oxygen atoms in total. The van der Waals surface area contributed by atoms with Crippen molar-refractivity contribution in [2.45, 2.75) is 20.0 Å². The molecule has 0 fully saturated rings. The van der Waals surface area contributed by atoms with Crippen molar-refractivity contribution in [2.75, 3.05) is 5.32 Å². The zero-order valence-electron chi connectivity index (χ0n) is 9.55. The number of hydrogen-bond donors (Lipinski definition) is 2. The minimum absolute atomic E-state index is 0.308. The van der Waals surface area contributed by atoms with Crippen molar-refractivity contribution in [2.24, 2.45) is 0 Å². The van der Waals surface area contributed by atoms with Crippen LogP contribution in [0.5, 0.6) is 0 Å². The van der Waals surface area contributed by atoms with E-state index in [1.165, 1.54) is 13.0 Å². The average molecular weight is 261 g/mol. The summed E-state index contributed by atoms with van der Waals surface area (Å²) in [5.41, 5.74) is 0.209. The molecular weight excluding hydrogens is 251 g/mol. The Balaban J connectivity index is 3.22. The molecule has 0 aliphatic rings. The molecule has 98 valence electrons. The number of benzene rings is 1. The van der Waals surface area contributed by atoms with E-state index >= 15 is 0 Å². The van der Waals surface area contributed by atoms with Crippen LogP contribution in [-0.2, 0) is 4.79 Å². The highest BCUT2D eigenvalue weighted by Crippen LogP contribution is 2.25. The molecule has 0 aliphatic carbocycles. The van der Waals surface area contributed by atoms with Gasteiger partial charge in [0.15, 0.2) is 0 Å². The van der Waals surface area contributed by atoms with E-state index in [0.717, 1.165) is 6.07 Å². The first-order valence-electron chi connectivity index (χ1n) is 4.86. The Labute approximate surface area is 100 Å². The van der Waals surface area contributed by atoms with Gasteiger partial charge in [-0.3, -0.25) is 4.79 Å². The summed E-state index contributed by atoms with van der Waals surface area (Å²) in [7, 11) is 0. The number of amides is 1. The lowest BCUT2D eigenvalue weighted by Gasteiger charge is -2.13. The molecule has 0 spiro atoms. The minimum atomic E-state index is -5.06. The topological polar surface area (TPSA) is 66.4 Å². The molecule has 0 bridgehead atoms. The molecule has 0 saturated heterocycles. The fraction of sp³-hybridized carbons (Fsp3) is 0.273. The smallest absolute Gasteiger partial charge is 0.471 e. The molecular formula is C11H10F3NO3. The van der Waals surface area contributed by atoms with Crippen LogP contribution >= 0.6 is 0 Å². The van der Waals surface area contributed by atoms with Gasteiger partial charge in [-0.2, -0.15) is 13.2 Å². The Morgan fingerprint density at radius 1 is 1.22 bits per heavy atom. The number of carboxylic acid groups (broad SMARTS) is 1. The summed E-state index contributed by atoms with van der Waals surface area (Å²) in [4.78, 5) is 21.8. The fourth-order valence-corrected chi connectivity index (χ4v) is 1.39. The number of aryl methyl sites for hydroxylation is 1. The normalized spacial score (nSPS) is 11.2. The first-order chi connectivity index (χ1) is 8.14. The van der Waals surface area contributed by atoms with Crippen molar-refractivity contribution in [1.29, 1.82) is 0 Å². The van der Waals surface area contributed by atoms with E-state index in [2.05, 4.69) is 0 Å². The predicted octanol–water partition coefficient (Wildman–Crippen LogP) is 2.50. The van der Waals surface area contributed by atoms with Crippen molar-refractivity contribution in [3.8, 4) is 0 Å². The highest BCUT2D eigenvalue weighted by Gasteiger charge is 2.39. The second-order valence-corrected chi connectivity index (χ2v) is 3.69. The van der Waals surface area contributed by atoms with E-state index in [4.69, 9.17) is 5.11 Å². The number of anilines is 1. The van der Waals surface area contributed by atoms with Gasteiger partial charge in [-0.1, -0.05) is 6.07 Å². The van der Waals surface area contributed by atoms with E-state index in [1.807, 2.05) is 0 Å². The zero-order chi connectivity index (χ0) is 14.1. The van der Waals surface area contributed by atoms with Crippen LogP contribution in [0.1, 0.15) is 21.5 Å². The van der Waals surface area contributed by atoms with Crippen LogP contribution in [0.2, 0.25) is 0 Å². The van der Waals surface area contributed by atoms with Gasteiger partial charge in [-0.05, 0) is 31.0 Å². The quantitative estimate of drug-likeness (QED) is 0.859. The van der Waals surface area contributed by atoms with Crippen LogP contribution in [-0.4, -0.2) is 23.2 Å². The number of carboxylic acids is 1. The van der Waals surface area contributed by atoms with Crippen LogP contribution in [0.4, 0.5) is 18.9 Å². The molecule has 1 aromatic rings. The number of carbonyl (C=O) groups excluding carboxylic acids is 1. The molecule has 0 radical (unpaired) electrons. The molecule has 0 unspecified atom stereocenters. The van der Waals surface area contributed by atoms with Crippen LogP contribution in [0.25, 0.3) is 0 Å². The lowest BCUT2D eigenvalue weighted by Crippen LogP contribution is -2.30. The number of nitrogens with one attached hydrogen (secondary N) is 1. The summed E-state index contributed by atoms with van der Waals surface area (Å²) in [5.74, 6) is -3.60. The summed E-state index contributed by atoms with van der Waals surface area (Å²) in [6.07, 6.45) is -5.06. The Kier molecular flexibility index (Phi) is 3.64. The molecule has 0 aromatic heterocycles. The summed E-state index contributed by atoms with van der Waals surface area (Å²) in [6.45, 7) is 3.08. The highest BCUT2D eigenvalue weighted by atomic mass is 19.4. The maximum absolute atomic E-state index is 12.1. The van der Waals surface area contributed by atoms with E-state index < -0.39 is 18.1 Å². The van der Waals surface area contributed by atoms with Crippen molar-refractivity contribution in [1.82, 2.24) is 0 Å². The van der Waals surface area contributed by atoms with Crippen LogP contribution in [0, 0.1) is 13.8 Å². The maximum Gasteiger partial charge on any atom is 0.471 e. The molecule has 7 heteroatoms. The zero-order valence-corrected chi connectivity index (χ0v) is 9.55. The van der Waals surface area contributed by atoms with Gasteiger partial charge in [0.2, 0.25) is 0 Å². The van der Waals surface area contributed by atoms with Gasteiger partial charge in [0, 0.05) is 0 Å². The molecule has 1 aromatic carbocycles. The number of aromatic carboxylic acids is 1. The van der Waals surface area contributed by atoms with Gasteiger partial charge in [-0.25, -0.2) is 4.79 Å². The molecule has 2 N–H and O–H groups in total. The van der Waals surface area contributed by atoms with Crippen LogP contribution in [0.3, 0.4) is 0 Å². The molecule has 18 heavy (non-hydrogen) atoms. The van der Waals surface area contributed by atoms with Gasteiger partial charge >= 0.3 is 18.1 Å². The van der Waals surface area contributed by atoms with Gasteiger partial charge in [0.1, 0.15) is 0 Å². The summed E-state index contributed by atoms with van der Waals surface area (Å²) >= 11 is 0. The fourth-order valence-electron chi connectivity index (χ4n) is 1.39. The largest absolute Gasteiger partial charge is 0.478 e. The van der Waals surface area contributed by atoms with Gasteiger partial charge in [0.25, 0.3) is 0 Å². The van der Waals surface area contributed by atoms with E-state index in [0.29, 0.717) is 11.1 Å². The standard InChI is InChI=1S/C11H10F3NO3/c1-5-3-4-7(8(6(5)2)9(16)17)15-10(18)11(12,13)14/h3-4H,1-2H3,(H,15,18)(H,16,17). The Morgan fingerprint density at radius 2 is 1.78 bits per heavy atom. The van der Waals surface area contributed by atoms with E-state index in [-0.39, 0.29) is 11.3 Å². The molecule has 0 atom stereocenters. The summed E-state index contributed by atoms with van der Waals surface area (Å²) in [6, 6.07) is 2.57. The average Bonchev–Trinajstić information content (AvgIpc) is 2.21. The molecule has 0 aliphatic heterocycles. The summed E-state index contributed by atoms with van der Waals surface area (Å²) < 4.78 is 36.3. The third-order valence-electron chi connectivity index (χ3n) is 2.46. The van der Waals surface area contributed by atoms with E-state index in [1.54, 1.807) is 12.2 Å². The Morgan fingerprint density at radius 3 is 2.22 bits per heavy atom. The first-order valence-corrected chi connectivity index (χ1v) is 4.86. The lowest BCUT2D eigenvalue weighted by molar-refractivity contribution is -0.167. The number of alkyl halides is 3. The van der Waals surface area contributed by atoms with Crippen molar-refractivity contribution in [3.63, 3.8) is 0 Å². The minimum Gasteiger partial charge on any atom is -0.478 e. The van der Waals surface area contributed by atoms with Crippen LogP contribution in [0.15, 0.2) is 12.1 Å². The van der Waals surface area contributed by atoms with Crippen molar-refractivity contribution < 1.29 is 27.9 Å². The number of hydrogen-bond acceptors (Lipinski definition) is 2. The molecule has 1 amide bonds. The highest BCUT2D eigenvalue weighted by molar-refractivity contribution is 6.03. The molecule has 0 heterocycles. The first kappa shape index (κ1) is 14.0. The maximum atomic E-state index is 12.1. The monoisotopic (exact) mass is 261 g/mol. The second kappa shape index (κ2) is 4.67. The number of carbonyl (C=O) groups is 2. The second-order valence-electron chi connectivity index (χ2n) is 3.69. The predicted molar refractivity (Wildman–Crippen MR) is 57.6 cm³/mol. The molecule has 0 saturated carbocycles.